The van der Waals surface area contributed by atoms with Gasteiger partial charge in [0.1, 0.15) is 6.04 Å². The molecule has 4 aromatic rings. The third kappa shape index (κ3) is 6.62. The Kier molecular flexibility index (Phi) is 8.43. The Labute approximate surface area is 245 Å². The van der Waals surface area contributed by atoms with Crippen LogP contribution in [0, 0.1) is 11.3 Å². The van der Waals surface area contributed by atoms with Crippen molar-refractivity contribution in [1.82, 2.24) is 4.90 Å². The fourth-order valence-corrected chi connectivity index (χ4v) is 5.42. The van der Waals surface area contributed by atoms with Crippen molar-refractivity contribution < 1.29 is 18.0 Å². The van der Waals surface area contributed by atoms with Gasteiger partial charge in [0, 0.05) is 47.6 Å². The van der Waals surface area contributed by atoms with E-state index in [9.17, 15) is 23.2 Å². The maximum Gasteiger partial charge on any atom is 0.416 e. The molecular formula is C32H26BrF3N4O. The maximum atomic E-state index is 13.2. The van der Waals surface area contributed by atoms with Gasteiger partial charge in [0.2, 0.25) is 0 Å². The zero-order valence-electron chi connectivity index (χ0n) is 21.9. The average molecular weight is 619 g/mol. The summed E-state index contributed by atoms with van der Waals surface area (Å²) in [6.45, 7) is 3.00. The average Bonchev–Trinajstić information content (AvgIpc) is 2.98. The number of carbonyl (C=O) groups is 1. The van der Waals surface area contributed by atoms with Crippen molar-refractivity contribution in [3.05, 3.63) is 118 Å². The smallest absolute Gasteiger partial charge is 0.369 e. The number of nitriles is 1. The van der Waals surface area contributed by atoms with Crippen LogP contribution in [0.3, 0.4) is 0 Å². The summed E-state index contributed by atoms with van der Waals surface area (Å²) in [5, 5.41) is 12.7. The van der Waals surface area contributed by atoms with Crippen LogP contribution in [0.5, 0.6) is 0 Å². The van der Waals surface area contributed by atoms with E-state index in [1.165, 1.54) is 12.1 Å². The molecule has 1 atom stereocenters. The summed E-state index contributed by atoms with van der Waals surface area (Å²) in [5.74, 6) is -0.350. The van der Waals surface area contributed by atoms with Crippen LogP contribution >= 0.6 is 15.9 Å². The van der Waals surface area contributed by atoms with Gasteiger partial charge in [0.25, 0.3) is 5.91 Å². The Morgan fingerprint density at radius 3 is 2.20 bits per heavy atom. The van der Waals surface area contributed by atoms with Crippen LogP contribution in [-0.4, -0.2) is 37.0 Å². The van der Waals surface area contributed by atoms with Gasteiger partial charge in [-0.2, -0.15) is 18.4 Å². The fourth-order valence-electron chi connectivity index (χ4n) is 5.01. The molecule has 9 heteroatoms. The number of halogens is 4. The molecule has 5 rings (SSSR count). The first-order chi connectivity index (χ1) is 19.7. The molecule has 1 amide bonds. The molecule has 1 fully saturated rings. The van der Waals surface area contributed by atoms with E-state index in [1.807, 2.05) is 48.5 Å². The first-order valence-corrected chi connectivity index (χ1v) is 13.8. The minimum Gasteiger partial charge on any atom is -0.369 e. The van der Waals surface area contributed by atoms with Crippen LogP contribution in [0.1, 0.15) is 27.5 Å². The van der Waals surface area contributed by atoms with E-state index in [-0.39, 0.29) is 11.9 Å². The molecule has 1 saturated heterocycles. The molecule has 1 heterocycles. The topological polar surface area (TPSA) is 59.4 Å². The van der Waals surface area contributed by atoms with Crippen molar-refractivity contribution in [1.29, 1.82) is 5.26 Å². The third-order valence-electron chi connectivity index (χ3n) is 7.15. The Morgan fingerprint density at radius 1 is 0.878 bits per heavy atom. The van der Waals surface area contributed by atoms with Crippen molar-refractivity contribution in [3.63, 3.8) is 0 Å². The number of hydrogen-bond donors (Lipinski definition) is 1. The van der Waals surface area contributed by atoms with Gasteiger partial charge in [0.05, 0.1) is 11.6 Å². The molecule has 0 radical (unpaired) electrons. The van der Waals surface area contributed by atoms with Crippen molar-refractivity contribution in [2.45, 2.75) is 12.2 Å². The standard InChI is InChI=1S/C32H26BrF3N4O/c33-25-5-3-4-23(20-25)30(21-37)40-18-16-39(17-19-40)27-14-12-26(13-15-27)38-31(41)29-7-2-1-6-28(29)22-8-10-24(11-9-22)32(34,35)36/h1-15,20,30H,16-19H2,(H,38,41). The molecule has 208 valence electrons. The highest BCUT2D eigenvalue weighted by Gasteiger charge is 2.30. The van der Waals surface area contributed by atoms with Crippen LogP contribution in [0.4, 0.5) is 24.5 Å². The summed E-state index contributed by atoms with van der Waals surface area (Å²) >= 11 is 3.48. The van der Waals surface area contributed by atoms with E-state index in [2.05, 4.69) is 37.1 Å². The van der Waals surface area contributed by atoms with Gasteiger partial charge in [-0.25, -0.2) is 0 Å². The molecule has 0 aromatic heterocycles. The summed E-state index contributed by atoms with van der Waals surface area (Å²) < 4.78 is 39.9. The monoisotopic (exact) mass is 618 g/mol. The SMILES string of the molecule is N#CC(c1cccc(Br)c1)N1CCN(c2ccc(NC(=O)c3ccccc3-c3ccc(C(F)(F)F)cc3)cc2)CC1. The van der Waals surface area contributed by atoms with Gasteiger partial charge >= 0.3 is 6.18 Å². The zero-order chi connectivity index (χ0) is 29.0. The summed E-state index contributed by atoms with van der Waals surface area (Å²) in [6, 6.07) is 29.1. The summed E-state index contributed by atoms with van der Waals surface area (Å²) in [4.78, 5) is 17.6. The normalized spacial score (nSPS) is 14.8. The highest BCUT2D eigenvalue weighted by atomic mass is 79.9. The van der Waals surface area contributed by atoms with E-state index < -0.39 is 11.7 Å². The highest BCUT2D eigenvalue weighted by Crippen LogP contribution is 2.32. The lowest BCUT2D eigenvalue weighted by atomic mass is 9.98. The molecule has 0 bridgehead atoms. The third-order valence-corrected chi connectivity index (χ3v) is 7.64. The maximum absolute atomic E-state index is 13.2. The molecule has 4 aromatic carbocycles. The second kappa shape index (κ2) is 12.2. The Balaban J connectivity index is 1.22. The van der Waals surface area contributed by atoms with Crippen molar-refractivity contribution in [3.8, 4) is 17.2 Å². The molecule has 0 aliphatic carbocycles. The van der Waals surface area contributed by atoms with E-state index in [4.69, 9.17) is 0 Å². The number of nitrogens with one attached hydrogen (secondary N) is 1. The van der Waals surface area contributed by atoms with Crippen LogP contribution in [-0.2, 0) is 6.18 Å². The van der Waals surface area contributed by atoms with E-state index in [0.717, 1.165) is 54.0 Å². The summed E-state index contributed by atoms with van der Waals surface area (Å²) in [6.07, 6.45) is -4.42. The molecule has 1 aliphatic heterocycles. The lowest BCUT2D eigenvalue weighted by Crippen LogP contribution is -2.47. The molecule has 1 aliphatic rings. The number of anilines is 2. The quantitative estimate of drug-likeness (QED) is 0.240. The number of piperazine rings is 1. The van der Waals surface area contributed by atoms with Crippen LogP contribution < -0.4 is 10.2 Å². The van der Waals surface area contributed by atoms with Gasteiger partial charge in [-0.1, -0.05) is 58.4 Å². The van der Waals surface area contributed by atoms with Gasteiger partial charge in [0.15, 0.2) is 0 Å². The van der Waals surface area contributed by atoms with Crippen molar-refractivity contribution in [2.75, 3.05) is 36.4 Å². The lowest BCUT2D eigenvalue weighted by Gasteiger charge is -2.38. The zero-order valence-corrected chi connectivity index (χ0v) is 23.5. The highest BCUT2D eigenvalue weighted by molar-refractivity contribution is 9.10. The van der Waals surface area contributed by atoms with Crippen LogP contribution in [0.2, 0.25) is 0 Å². The Morgan fingerprint density at radius 2 is 1.56 bits per heavy atom. The number of carbonyl (C=O) groups excluding carboxylic acids is 1. The second-order valence-electron chi connectivity index (χ2n) is 9.73. The van der Waals surface area contributed by atoms with Gasteiger partial charge < -0.3 is 10.2 Å². The first-order valence-electron chi connectivity index (χ1n) is 13.0. The second-order valence-corrected chi connectivity index (χ2v) is 10.6. The lowest BCUT2D eigenvalue weighted by molar-refractivity contribution is -0.137. The van der Waals surface area contributed by atoms with Gasteiger partial charge in [-0.15, -0.1) is 0 Å². The van der Waals surface area contributed by atoms with Crippen LogP contribution in [0.25, 0.3) is 11.1 Å². The van der Waals surface area contributed by atoms with E-state index >= 15 is 0 Å². The number of hydrogen-bond acceptors (Lipinski definition) is 4. The Bertz CT molecular complexity index is 1560. The minimum absolute atomic E-state index is 0.308. The molecular weight excluding hydrogens is 593 g/mol. The first kappa shape index (κ1) is 28.4. The number of amides is 1. The van der Waals surface area contributed by atoms with Crippen molar-refractivity contribution >= 4 is 33.2 Å². The van der Waals surface area contributed by atoms with E-state index in [0.29, 0.717) is 22.4 Å². The Hall–Kier alpha value is -4.13. The van der Waals surface area contributed by atoms with Gasteiger partial charge in [-0.3, -0.25) is 9.69 Å². The number of nitrogens with zero attached hydrogens (tertiary/aromatic N) is 3. The fraction of sp³-hybridized carbons (Fsp3) is 0.188. The molecule has 1 N–H and O–H groups in total. The number of benzene rings is 4. The number of alkyl halides is 3. The molecule has 0 spiro atoms. The molecule has 5 nitrogen and oxygen atoms in total. The van der Waals surface area contributed by atoms with Gasteiger partial charge in [-0.05, 0) is 71.3 Å². The molecule has 0 saturated carbocycles. The minimum atomic E-state index is -4.42. The predicted molar refractivity (Wildman–Crippen MR) is 158 cm³/mol. The predicted octanol–water partition coefficient (Wildman–Crippen LogP) is 7.77. The van der Waals surface area contributed by atoms with Crippen molar-refractivity contribution in [2.24, 2.45) is 0 Å². The van der Waals surface area contributed by atoms with Crippen LogP contribution in [0.15, 0.2) is 102 Å². The van der Waals surface area contributed by atoms with E-state index in [1.54, 1.807) is 24.3 Å². The number of rotatable bonds is 6. The molecule has 41 heavy (non-hydrogen) atoms. The largest absolute Gasteiger partial charge is 0.416 e. The summed E-state index contributed by atoms with van der Waals surface area (Å²) in [7, 11) is 0. The summed E-state index contributed by atoms with van der Waals surface area (Å²) in [5.41, 5.74) is 3.30. The molecule has 1 unspecified atom stereocenters.